The van der Waals surface area contributed by atoms with E-state index in [9.17, 15) is 0 Å². The second-order valence-corrected chi connectivity index (χ2v) is 6.38. The SMILES string of the molecule is Cc1cc(C(C)(C)C)cc(C)c1-c1n[nH]c(CCN)n1. The van der Waals surface area contributed by atoms with Gasteiger partial charge in [0.15, 0.2) is 5.82 Å². The van der Waals surface area contributed by atoms with Crippen LogP contribution < -0.4 is 5.73 Å². The maximum atomic E-state index is 5.55. The molecule has 0 amide bonds. The number of nitrogens with two attached hydrogens (primary N) is 1. The summed E-state index contributed by atoms with van der Waals surface area (Å²) in [5, 5.41) is 7.29. The molecule has 2 aromatic rings. The molecule has 1 heterocycles. The second-order valence-electron chi connectivity index (χ2n) is 6.38. The van der Waals surface area contributed by atoms with E-state index < -0.39 is 0 Å². The smallest absolute Gasteiger partial charge is 0.181 e. The van der Waals surface area contributed by atoms with Gasteiger partial charge in [-0.15, -0.1) is 0 Å². The first kappa shape index (κ1) is 14.7. The minimum absolute atomic E-state index is 0.151. The molecule has 3 N–H and O–H groups in total. The number of aromatic nitrogens is 3. The third-order valence-electron chi connectivity index (χ3n) is 3.54. The first-order valence-corrected chi connectivity index (χ1v) is 7.06. The van der Waals surface area contributed by atoms with Crippen LogP contribution in [0, 0.1) is 13.8 Å². The molecule has 0 atom stereocenters. The normalized spacial score (nSPS) is 11.9. The van der Waals surface area contributed by atoms with Gasteiger partial charge in [-0.2, -0.15) is 5.10 Å². The van der Waals surface area contributed by atoms with Crippen LogP contribution in [-0.4, -0.2) is 21.7 Å². The molecule has 0 aliphatic rings. The number of nitrogens with one attached hydrogen (secondary N) is 1. The Hall–Kier alpha value is -1.68. The summed E-state index contributed by atoms with van der Waals surface area (Å²) in [5.41, 5.74) is 10.6. The van der Waals surface area contributed by atoms with E-state index in [1.165, 1.54) is 16.7 Å². The molecule has 20 heavy (non-hydrogen) atoms. The van der Waals surface area contributed by atoms with Crippen molar-refractivity contribution in [1.82, 2.24) is 15.2 Å². The average molecular weight is 272 g/mol. The summed E-state index contributed by atoms with van der Waals surface area (Å²) in [7, 11) is 0. The van der Waals surface area contributed by atoms with Crippen LogP contribution in [0.5, 0.6) is 0 Å². The van der Waals surface area contributed by atoms with Gasteiger partial charge in [0.2, 0.25) is 0 Å². The highest BCUT2D eigenvalue weighted by atomic mass is 15.2. The Morgan fingerprint density at radius 1 is 1.15 bits per heavy atom. The molecule has 0 fully saturated rings. The molecule has 2 rings (SSSR count). The Kier molecular flexibility index (Phi) is 3.95. The van der Waals surface area contributed by atoms with E-state index in [0.29, 0.717) is 6.54 Å². The highest BCUT2D eigenvalue weighted by molar-refractivity contribution is 5.65. The van der Waals surface area contributed by atoms with Crippen molar-refractivity contribution >= 4 is 0 Å². The van der Waals surface area contributed by atoms with Gasteiger partial charge in [0.1, 0.15) is 5.82 Å². The molecule has 0 saturated heterocycles. The number of aromatic amines is 1. The molecule has 1 aromatic heterocycles. The Labute approximate surface area is 120 Å². The molecule has 0 spiro atoms. The highest BCUT2D eigenvalue weighted by Gasteiger charge is 2.18. The molecule has 108 valence electrons. The molecule has 0 radical (unpaired) electrons. The zero-order valence-corrected chi connectivity index (χ0v) is 13.0. The molecule has 0 unspecified atom stereocenters. The lowest BCUT2D eigenvalue weighted by Crippen LogP contribution is -2.12. The first-order valence-electron chi connectivity index (χ1n) is 7.06. The molecule has 0 bridgehead atoms. The van der Waals surface area contributed by atoms with Gasteiger partial charge < -0.3 is 5.73 Å². The molecule has 4 heteroatoms. The fraction of sp³-hybridized carbons (Fsp3) is 0.500. The van der Waals surface area contributed by atoms with Crippen molar-refractivity contribution in [2.45, 2.75) is 46.5 Å². The van der Waals surface area contributed by atoms with Crippen molar-refractivity contribution in [3.8, 4) is 11.4 Å². The van der Waals surface area contributed by atoms with Crippen LogP contribution in [0.15, 0.2) is 12.1 Å². The first-order chi connectivity index (χ1) is 9.32. The minimum Gasteiger partial charge on any atom is -0.330 e. The van der Waals surface area contributed by atoms with Crippen molar-refractivity contribution in [3.63, 3.8) is 0 Å². The number of H-pyrrole nitrogens is 1. The summed E-state index contributed by atoms with van der Waals surface area (Å²) in [6.45, 7) is 11.5. The molecule has 1 aromatic carbocycles. The van der Waals surface area contributed by atoms with Crippen LogP contribution in [-0.2, 0) is 11.8 Å². The number of aryl methyl sites for hydroxylation is 2. The lowest BCUT2D eigenvalue weighted by atomic mass is 9.83. The number of hydrogen-bond donors (Lipinski definition) is 2. The zero-order chi connectivity index (χ0) is 14.9. The third kappa shape index (κ3) is 2.90. The predicted molar refractivity (Wildman–Crippen MR) is 82.8 cm³/mol. The van der Waals surface area contributed by atoms with Gasteiger partial charge in [0.05, 0.1) is 0 Å². The number of benzene rings is 1. The van der Waals surface area contributed by atoms with Gasteiger partial charge in [-0.25, -0.2) is 4.98 Å². The quantitative estimate of drug-likeness (QED) is 0.902. The summed E-state index contributed by atoms with van der Waals surface area (Å²) in [6, 6.07) is 4.47. The number of nitrogens with zero attached hydrogens (tertiary/aromatic N) is 2. The number of rotatable bonds is 3. The summed E-state index contributed by atoms with van der Waals surface area (Å²) in [6.07, 6.45) is 0.727. The van der Waals surface area contributed by atoms with Crippen LogP contribution in [0.4, 0.5) is 0 Å². The fourth-order valence-corrected chi connectivity index (χ4v) is 2.40. The van der Waals surface area contributed by atoms with Gasteiger partial charge in [0, 0.05) is 12.0 Å². The lowest BCUT2D eigenvalue weighted by Gasteiger charge is -2.21. The van der Waals surface area contributed by atoms with Crippen LogP contribution in [0.25, 0.3) is 11.4 Å². The lowest BCUT2D eigenvalue weighted by molar-refractivity contribution is 0.589. The van der Waals surface area contributed by atoms with Gasteiger partial charge >= 0.3 is 0 Å². The van der Waals surface area contributed by atoms with E-state index in [1.807, 2.05) is 0 Å². The Balaban J connectivity index is 2.46. The summed E-state index contributed by atoms with van der Waals surface area (Å²) >= 11 is 0. The van der Waals surface area contributed by atoms with Crippen molar-refractivity contribution < 1.29 is 0 Å². The second kappa shape index (κ2) is 5.37. The Bertz CT molecular complexity index is 582. The maximum Gasteiger partial charge on any atom is 0.181 e. The van der Waals surface area contributed by atoms with Gasteiger partial charge in [-0.1, -0.05) is 32.9 Å². The molecular formula is C16H24N4. The maximum absolute atomic E-state index is 5.55. The standard InChI is InChI=1S/C16H24N4/c1-10-8-12(16(3,4)5)9-11(2)14(10)15-18-13(6-7-17)19-20-15/h8-9H,6-7,17H2,1-5H3,(H,18,19,20). The topological polar surface area (TPSA) is 67.6 Å². The molecule has 4 nitrogen and oxygen atoms in total. The van der Waals surface area contributed by atoms with E-state index in [1.54, 1.807) is 0 Å². The summed E-state index contributed by atoms with van der Waals surface area (Å²) < 4.78 is 0. The fourth-order valence-electron chi connectivity index (χ4n) is 2.40. The van der Waals surface area contributed by atoms with Crippen molar-refractivity contribution in [2.75, 3.05) is 6.54 Å². The minimum atomic E-state index is 0.151. The molecule has 0 saturated carbocycles. The zero-order valence-electron chi connectivity index (χ0n) is 13.0. The van der Waals surface area contributed by atoms with Crippen molar-refractivity contribution in [2.24, 2.45) is 5.73 Å². The predicted octanol–water partition coefficient (Wildman–Crippen LogP) is 2.89. The van der Waals surface area contributed by atoms with Crippen LogP contribution in [0.2, 0.25) is 0 Å². The van der Waals surface area contributed by atoms with Crippen LogP contribution >= 0.6 is 0 Å². The van der Waals surface area contributed by atoms with Gasteiger partial charge in [0.25, 0.3) is 0 Å². The van der Waals surface area contributed by atoms with E-state index in [0.717, 1.165) is 23.6 Å². The van der Waals surface area contributed by atoms with Gasteiger partial charge in [-0.05, 0) is 42.5 Å². The molecule has 0 aliphatic heterocycles. The van der Waals surface area contributed by atoms with E-state index in [2.05, 4.69) is 61.9 Å². The van der Waals surface area contributed by atoms with Crippen molar-refractivity contribution in [3.05, 3.63) is 34.6 Å². The molecule has 0 aliphatic carbocycles. The van der Waals surface area contributed by atoms with E-state index in [4.69, 9.17) is 5.73 Å². The Morgan fingerprint density at radius 3 is 2.25 bits per heavy atom. The highest BCUT2D eigenvalue weighted by Crippen LogP contribution is 2.31. The van der Waals surface area contributed by atoms with Crippen LogP contribution in [0.1, 0.15) is 43.3 Å². The third-order valence-corrected chi connectivity index (χ3v) is 3.54. The Morgan fingerprint density at radius 2 is 1.75 bits per heavy atom. The van der Waals surface area contributed by atoms with E-state index in [-0.39, 0.29) is 5.41 Å². The molecular weight excluding hydrogens is 248 g/mol. The number of hydrogen-bond acceptors (Lipinski definition) is 3. The average Bonchev–Trinajstić information content (AvgIpc) is 2.76. The summed E-state index contributed by atoms with van der Waals surface area (Å²) in [5.74, 6) is 1.62. The van der Waals surface area contributed by atoms with Crippen molar-refractivity contribution in [1.29, 1.82) is 0 Å². The monoisotopic (exact) mass is 272 g/mol. The van der Waals surface area contributed by atoms with E-state index >= 15 is 0 Å². The van der Waals surface area contributed by atoms with Crippen LogP contribution in [0.3, 0.4) is 0 Å². The van der Waals surface area contributed by atoms with Gasteiger partial charge in [-0.3, -0.25) is 5.10 Å². The summed E-state index contributed by atoms with van der Waals surface area (Å²) in [4.78, 5) is 4.54. The largest absolute Gasteiger partial charge is 0.330 e.